The summed E-state index contributed by atoms with van der Waals surface area (Å²) in [5, 5.41) is 0. The first-order valence-corrected chi connectivity index (χ1v) is 4.32. The molecule has 72 valence electrons. The van der Waals surface area contributed by atoms with E-state index in [0.717, 1.165) is 0 Å². The summed E-state index contributed by atoms with van der Waals surface area (Å²) in [6.07, 6.45) is 1.25. The lowest BCUT2D eigenvalue weighted by atomic mass is 10.2. The molecule has 0 aromatic heterocycles. The number of nitrogens with two attached hydrogens (primary N) is 1. The molecule has 1 rings (SSSR count). The van der Waals surface area contributed by atoms with Crippen molar-refractivity contribution < 1.29 is 4.79 Å². The maximum atomic E-state index is 10.8. The van der Waals surface area contributed by atoms with E-state index in [4.69, 9.17) is 5.84 Å². The van der Waals surface area contributed by atoms with Crippen LogP contribution in [-0.2, 0) is 0 Å². The molecule has 0 spiro atoms. The maximum Gasteiger partial charge on any atom is 0.265 e. The number of nitrogens with one attached hydrogen (secondary N) is 1. The number of carbonyl (C=O) groups is 1. The molecule has 0 saturated carbocycles. The lowest BCUT2D eigenvalue weighted by Crippen LogP contribution is -2.29. The Morgan fingerprint density at radius 3 is 2.15 bits per heavy atom. The SMILES string of the molecule is CCC.NNC(=O)c1ccccc1. The lowest BCUT2D eigenvalue weighted by Gasteiger charge is -1.95. The van der Waals surface area contributed by atoms with Crippen LogP contribution in [0.25, 0.3) is 0 Å². The zero-order valence-electron chi connectivity index (χ0n) is 8.08. The second-order valence-corrected chi connectivity index (χ2v) is 2.55. The molecule has 0 saturated heterocycles. The van der Waals surface area contributed by atoms with Crippen molar-refractivity contribution in [2.24, 2.45) is 5.84 Å². The van der Waals surface area contributed by atoms with Gasteiger partial charge >= 0.3 is 0 Å². The van der Waals surface area contributed by atoms with Crippen LogP contribution >= 0.6 is 0 Å². The van der Waals surface area contributed by atoms with Gasteiger partial charge < -0.3 is 0 Å². The van der Waals surface area contributed by atoms with Crippen LogP contribution in [0, 0.1) is 0 Å². The standard InChI is InChI=1S/C7H8N2O.C3H8/c8-9-7(10)6-4-2-1-3-5-6;1-3-2/h1-5H,8H2,(H,9,10);3H2,1-2H3. The Hall–Kier alpha value is -1.35. The molecule has 0 aliphatic rings. The Bertz CT molecular complexity index is 234. The average Bonchev–Trinajstić information content (AvgIpc) is 2.19. The number of benzene rings is 1. The Balaban J connectivity index is 0.000000424. The molecule has 0 unspecified atom stereocenters. The van der Waals surface area contributed by atoms with Crippen molar-refractivity contribution in [3.8, 4) is 0 Å². The fourth-order valence-electron chi connectivity index (χ4n) is 0.673. The van der Waals surface area contributed by atoms with Crippen molar-refractivity contribution in [3.63, 3.8) is 0 Å². The summed E-state index contributed by atoms with van der Waals surface area (Å²) in [7, 11) is 0. The number of hydrogen-bond donors (Lipinski definition) is 2. The number of amides is 1. The molecule has 3 heteroatoms. The minimum atomic E-state index is -0.263. The summed E-state index contributed by atoms with van der Waals surface area (Å²) in [6, 6.07) is 8.80. The van der Waals surface area contributed by atoms with Gasteiger partial charge in [0, 0.05) is 5.56 Å². The summed E-state index contributed by atoms with van der Waals surface area (Å²) < 4.78 is 0. The van der Waals surface area contributed by atoms with E-state index in [-0.39, 0.29) is 5.91 Å². The van der Waals surface area contributed by atoms with Gasteiger partial charge in [-0.3, -0.25) is 10.2 Å². The van der Waals surface area contributed by atoms with E-state index in [1.54, 1.807) is 24.3 Å². The second-order valence-electron chi connectivity index (χ2n) is 2.55. The third-order valence-electron chi connectivity index (χ3n) is 1.17. The van der Waals surface area contributed by atoms with Crippen LogP contribution in [0.15, 0.2) is 30.3 Å². The molecule has 1 aromatic rings. The molecule has 0 fully saturated rings. The fraction of sp³-hybridized carbons (Fsp3) is 0.300. The van der Waals surface area contributed by atoms with Crippen LogP contribution in [0.5, 0.6) is 0 Å². The molecule has 0 aliphatic carbocycles. The Kier molecular flexibility index (Phi) is 6.55. The molecule has 13 heavy (non-hydrogen) atoms. The van der Waals surface area contributed by atoms with Crippen LogP contribution in [0.3, 0.4) is 0 Å². The zero-order valence-corrected chi connectivity index (χ0v) is 8.08. The Morgan fingerprint density at radius 2 is 1.77 bits per heavy atom. The number of nitrogen functional groups attached to an aromatic ring is 1. The normalized spacial score (nSPS) is 8.23. The molecular weight excluding hydrogens is 164 g/mol. The summed E-state index contributed by atoms with van der Waals surface area (Å²) >= 11 is 0. The maximum absolute atomic E-state index is 10.8. The topological polar surface area (TPSA) is 55.1 Å². The highest BCUT2D eigenvalue weighted by molar-refractivity contribution is 5.93. The first-order chi connectivity index (χ1) is 6.26. The summed E-state index contributed by atoms with van der Waals surface area (Å²) in [5.41, 5.74) is 2.62. The van der Waals surface area contributed by atoms with Crippen LogP contribution < -0.4 is 11.3 Å². The second kappa shape index (κ2) is 7.31. The Labute approximate surface area is 78.9 Å². The number of rotatable bonds is 1. The van der Waals surface area contributed by atoms with Crippen molar-refractivity contribution in [2.45, 2.75) is 20.3 Å². The van der Waals surface area contributed by atoms with E-state index in [0.29, 0.717) is 5.56 Å². The first-order valence-electron chi connectivity index (χ1n) is 4.32. The summed E-state index contributed by atoms with van der Waals surface area (Å²) in [4.78, 5) is 10.8. The molecule has 0 aliphatic heterocycles. The number of carbonyl (C=O) groups excluding carboxylic acids is 1. The van der Waals surface area contributed by atoms with E-state index in [9.17, 15) is 4.79 Å². The minimum absolute atomic E-state index is 0.263. The minimum Gasteiger partial charge on any atom is -0.290 e. The van der Waals surface area contributed by atoms with Gasteiger partial charge in [0.15, 0.2) is 0 Å². The van der Waals surface area contributed by atoms with Gasteiger partial charge in [-0.15, -0.1) is 0 Å². The molecule has 3 nitrogen and oxygen atoms in total. The summed E-state index contributed by atoms with van der Waals surface area (Å²) in [6.45, 7) is 4.25. The summed E-state index contributed by atoms with van der Waals surface area (Å²) in [5.74, 6) is 4.64. The van der Waals surface area contributed by atoms with Crippen LogP contribution in [0.2, 0.25) is 0 Å². The van der Waals surface area contributed by atoms with Crippen molar-refractivity contribution >= 4 is 5.91 Å². The Morgan fingerprint density at radius 1 is 1.31 bits per heavy atom. The third-order valence-corrected chi connectivity index (χ3v) is 1.17. The van der Waals surface area contributed by atoms with Crippen molar-refractivity contribution in [2.75, 3.05) is 0 Å². The highest BCUT2D eigenvalue weighted by Gasteiger charge is 1.98. The van der Waals surface area contributed by atoms with Crippen LogP contribution in [-0.4, -0.2) is 5.91 Å². The zero-order chi connectivity index (χ0) is 10.1. The predicted octanol–water partition coefficient (Wildman–Crippen LogP) is 1.71. The fourth-order valence-corrected chi connectivity index (χ4v) is 0.673. The van der Waals surface area contributed by atoms with Crippen molar-refractivity contribution in [1.82, 2.24) is 5.43 Å². The van der Waals surface area contributed by atoms with Gasteiger partial charge in [0.2, 0.25) is 0 Å². The highest BCUT2D eigenvalue weighted by Crippen LogP contribution is 1.95. The van der Waals surface area contributed by atoms with Gasteiger partial charge in [-0.05, 0) is 12.1 Å². The van der Waals surface area contributed by atoms with Gasteiger partial charge in [0.25, 0.3) is 5.91 Å². The average molecular weight is 180 g/mol. The lowest BCUT2D eigenvalue weighted by molar-refractivity contribution is 0.0953. The van der Waals surface area contributed by atoms with Crippen LogP contribution in [0.1, 0.15) is 30.6 Å². The molecule has 0 atom stereocenters. The van der Waals surface area contributed by atoms with E-state index in [1.807, 2.05) is 11.5 Å². The molecule has 3 N–H and O–H groups in total. The molecule has 0 bridgehead atoms. The molecular formula is C10H16N2O. The van der Waals surface area contributed by atoms with E-state index >= 15 is 0 Å². The smallest absolute Gasteiger partial charge is 0.265 e. The van der Waals surface area contributed by atoms with Gasteiger partial charge in [-0.2, -0.15) is 0 Å². The van der Waals surface area contributed by atoms with Gasteiger partial charge in [0.05, 0.1) is 0 Å². The van der Waals surface area contributed by atoms with Crippen LogP contribution in [0.4, 0.5) is 0 Å². The largest absolute Gasteiger partial charge is 0.290 e. The van der Waals surface area contributed by atoms with Gasteiger partial charge in [-0.25, -0.2) is 5.84 Å². The van der Waals surface area contributed by atoms with E-state index < -0.39 is 0 Å². The highest BCUT2D eigenvalue weighted by atomic mass is 16.2. The quantitative estimate of drug-likeness (QED) is 0.392. The van der Waals surface area contributed by atoms with Gasteiger partial charge in [0.1, 0.15) is 0 Å². The molecule has 1 aromatic carbocycles. The predicted molar refractivity (Wildman–Crippen MR) is 54.1 cm³/mol. The monoisotopic (exact) mass is 180 g/mol. The van der Waals surface area contributed by atoms with Crippen molar-refractivity contribution in [1.29, 1.82) is 0 Å². The number of hydrogen-bond acceptors (Lipinski definition) is 2. The first kappa shape index (κ1) is 11.6. The van der Waals surface area contributed by atoms with E-state index in [2.05, 4.69) is 13.8 Å². The number of hydrazine groups is 1. The van der Waals surface area contributed by atoms with Gasteiger partial charge in [-0.1, -0.05) is 38.5 Å². The van der Waals surface area contributed by atoms with Crippen molar-refractivity contribution in [3.05, 3.63) is 35.9 Å². The van der Waals surface area contributed by atoms with E-state index in [1.165, 1.54) is 6.42 Å². The molecule has 0 radical (unpaired) electrons. The molecule has 1 amide bonds. The third kappa shape index (κ3) is 4.98. The molecule has 0 heterocycles.